The first-order chi connectivity index (χ1) is 8.22. The predicted octanol–water partition coefficient (Wildman–Crippen LogP) is 1.69. The lowest BCUT2D eigenvalue weighted by Crippen LogP contribution is -2.30. The highest BCUT2D eigenvalue weighted by Gasteiger charge is 2.01. The van der Waals surface area contributed by atoms with Crippen molar-refractivity contribution in [3.05, 3.63) is 41.5 Å². The molecule has 0 bridgehead atoms. The summed E-state index contributed by atoms with van der Waals surface area (Å²) < 4.78 is 4.85. The van der Waals surface area contributed by atoms with Gasteiger partial charge in [-0.1, -0.05) is 42.0 Å². The Morgan fingerprint density at radius 3 is 2.76 bits per heavy atom. The van der Waals surface area contributed by atoms with Crippen molar-refractivity contribution >= 4 is 6.08 Å². The number of ether oxygens (including phenoxy) is 1. The maximum Gasteiger partial charge on any atom is 0.0897 e. The molecule has 0 saturated carbocycles. The molecule has 0 fully saturated rings. The van der Waals surface area contributed by atoms with Gasteiger partial charge in [-0.3, -0.25) is 0 Å². The maximum absolute atomic E-state index is 9.44. The minimum atomic E-state index is -0.440. The van der Waals surface area contributed by atoms with Gasteiger partial charge in [0.15, 0.2) is 0 Å². The Bertz CT molecular complexity index is 335. The average molecular weight is 235 g/mol. The molecular weight excluding hydrogens is 214 g/mol. The number of benzene rings is 1. The second kappa shape index (κ2) is 8.01. The van der Waals surface area contributed by atoms with E-state index in [1.165, 1.54) is 11.1 Å². The van der Waals surface area contributed by atoms with Gasteiger partial charge >= 0.3 is 0 Å². The van der Waals surface area contributed by atoms with E-state index in [0.717, 1.165) is 6.54 Å². The third kappa shape index (κ3) is 6.22. The van der Waals surface area contributed by atoms with Gasteiger partial charge in [-0.2, -0.15) is 0 Å². The fraction of sp³-hybridized carbons (Fsp3) is 0.429. The van der Waals surface area contributed by atoms with Crippen molar-refractivity contribution in [2.75, 3.05) is 26.8 Å². The molecule has 0 aliphatic heterocycles. The highest BCUT2D eigenvalue weighted by atomic mass is 16.5. The molecule has 94 valence electrons. The smallest absolute Gasteiger partial charge is 0.0897 e. The highest BCUT2D eigenvalue weighted by molar-refractivity contribution is 5.52. The van der Waals surface area contributed by atoms with Gasteiger partial charge in [-0.25, -0.2) is 0 Å². The third-order valence-electron chi connectivity index (χ3n) is 2.36. The largest absolute Gasteiger partial charge is 0.389 e. The van der Waals surface area contributed by atoms with Crippen LogP contribution in [-0.2, 0) is 4.74 Å². The molecule has 1 atom stereocenters. The topological polar surface area (TPSA) is 41.5 Å². The van der Waals surface area contributed by atoms with Gasteiger partial charge < -0.3 is 15.2 Å². The molecule has 2 N–H and O–H groups in total. The molecule has 3 nitrogen and oxygen atoms in total. The molecule has 0 spiro atoms. The summed E-state index contributed by atoms with van der Waals surface area (Å²) in [5.74, 6) is 0. The van der Waals surface area contributed by atoms with Gasteiger partial charge in [0.2, 0.25) is 0 Å². The summed E-state index contributed by atoms with van der Waals surface area (Å²) in [5.41, 5.74) is 2.44. The lowest BCUT2D eigenvalue weighted by molar-refractivity contribution is 0.0651. The van der Waals surface area contributed by atoms with Crippen LogP contribution in [0.4, 0.5) is 0 Å². The Morgan fingerprint density at radius 2 is 2.12 bits per heavy atom. The zero-order valence-electron chi connectivity index (χ0n) is 10.5. The summed E-state index contributed by atoms with van der Waals surface area (Å²) in [6.45, 7) is 3.76. The van der Waals surface area contributed by atoms with Crippen LogP contribution < -0.4 is 5.32 Å². The SMILES string of the molecule is COCC(O)CNC/C(C)=C/c1ccccc1. The van der Waals surface area contributed by atoms with E-state index in [1.807, 2.05) is 18.2 Å². The molecule has 0 aliphatic carbocycles. The van der Waals surface area contributed by atoms with Gasteiger partial charge in [-0.15, -0.1) is 0 Å². The first kappa shape index (κ1) is 13.9. The van der Waals surface area contributed by atoms with Crippen molar-refractivity contribution < 1.29 is 9.84 Å². The van der Waals surface area contributed by atoms with Gasteiger partial charge in [0.1, 0.15) is 0 Å². The summed E-state index contributed by atoms with van der Waals surface area (Å²) >= 11 is 0. The Labute approximate surface area is 103 Å². The molecule has 0 amide bonds. The van der Waals surface area contributed by atoms with Gasteiger partial charge in [-0.05, 0) is 12.5 Å². The quantitative estimate of drug-likeness (QED) is 0.755. The Kier molecular flexibility index (Phi) is 6.55. The molecule has 0 radical (unpaired) electrons. The van der Waals surface area contributed by atoms with Crippen LogP contribution in [0, 0.1) is 0 Å². The fourth-order valence-corrected chi connectivity index (χ4v) is 1.57. The van der Waals surface area contributed by atoms with Crippen LogP contribution >= 0.6 is 0 Å². The lowest BCUT2D eigenvalue weighted by Gasteiger charge is -2.10. The van der Waals surface area contributed by atoms with E-state index < -0.39 is 6.10 Å². The van der Waals surface area contributed by atoms with Crippen molar-refractivity contribution in [1.29, 1.82) is 0 Å². The molecule has 0 aliphatic rings. The predicted molar refractivity (Wildman–Crippen MR) is 70.8 cm³/mol. The van der Waals surface area contributed by atoms with E-state index >= 15 is 0 Å². The van der Waals surface area contributed by atoms with Gasteiger partial charge in [0, 0.05) is 20.2 Å². The summed E-state index contributed by atoms with van der Waals surface area (Å²) in [5, 5.41) is 12.6. The van der Waals surface area contributed by atoms with Crippen LogP contribution in [0.15, 0.2) is 35.9 Å². The molecule has 3 heteroatoms. The minimum Gasteiger partial charge on any atom is -0.389 e. The van der Waals surface area contributed by atoms with Crippen LogP contribution in [0.3, 0.4) is 0 Å². The molecule has 1 unspecified atom stereocenters. The lowest BCUT2D eigenvalue weighted by atomic mass is 10.1. The molecule has 1 aromatic carbocycles. The molecule has 0 aromatic heterocycles. The van der Waals surface area contributed by atoms with E-state index in [2.05, 4.69) is 30.4 Å². The van der Waals surface area contributed by atoms with E-state index in [9.17, 15) is 5.11 Å². The van der Waals surface area contributed by atoms with E-state index in [1.54, 1.807) is 7.11 Å². The first-order valence-electron chi connectivity index (χ1n) is 5.82. The standard InChI is InChI=1S/C14H21NO2/c1-12(8-13-6-4-3-5-7-13)9-15-10-14(16)11-17-2/h3-8,14-16H,9-11H2,1-2H3/b12-8+. The van der Waals surface area contributed by atoms with Crippen LogP contribution in [0.2, 0.25) is 0 Å². The number of rotatable bonds is 7. The molecule has 1 aromatic rings. The average Bonchev–Trinajstić information content (AvgIpc) is 2.30. The van der Waals surface area contributed by atoms with Crippen LogP contribution in [0.1, 0.15) is 12.5 Å². The second-order valence-electron chi connectivity index (χ2n) is 4.14. The minimum absolute atomic E-state index is 0.369. The van der Waals surface area contributed by atoms with Crippen LogP contribution in [-0.4, -0.2) is 38.0 Å². The number of methoxy groups -OCH3 is 1. The van der Waals surface area contributed by atoms with Gasteiger partial charge in [0.25, 0.3) is 0 Å². The van der Waals surface area contributed by atoms with Crippen molar-refractivity contribution in [3.8, 4) is 0 Å². The molecule has 17 heavy (non-hydrogen) atoms. The Morgan fingerprint density at radius 1 is 1.41 bits per heavy atom. The zero-order valence-corrected chi connectivity index (χ0v) is 10.5. The van der Waals surface area contributed by atoms with E-state index in [4.69, 9.17) is 4.74 Å². The number of aliphatic hydroxyl groups is 1. The van der Waals surface area contributed by atoms with Crippen molar-refractivity contribution in [3.63, 3.8) is 0 Å². The van der Waals surface area contributed by atoms with Crippen molar-refractivity contribution in [1.82, 2.24) is 5.32 Å². The summed E-state index contributed by atoms with van der Waals surface area (Å²) in [7, 11) is 1.59. The van der Waals surface area contributed by atoms with Crippen LogP contribution in [0.5, 0.6) is 0 Å². The summed E-state index contributed by atoms with van der Waals surface area (Å²) in [6.07, 6.45) is 1.69. The fourth-order valence-electron chi connectivity index (χ4n) is 1.57. The van der Waals surface area contributed by atoms with E-state index in [0.29, 0.717) is 13.2 Å². The Hall–Kier alpha value is -1.16. The second-order valence-corrected chi connectivity index (χ2v) is 4.14. The van der Waals surface area contributed by atoms with Crippen LogP contribution in [0.25, 0.3) is 6.08 Å². The number of nitrogens with one attached hydrogen (secondary N) is 1. The number of hydrogen-bond donors (Lipinski definition) is 2. The Balaban J connectivity index is 2.30. The number of hydrogen-bond acceptors (Lipinski definition) is 3. The summed E-state index contributed by atoms with van der Waals surface area (Å²) in [4.78, 5) is 0. The monoisotopic (exact) mass is 235 g/mol. The number of aliphatic hydroxyl groups excluding tert-OH is 1. The van der Waals surface area contributed by atoms with Crippen molar-refractivity contribution in [2.45, 2.75) is 13.0 Å². The third-order valence-corrected chi connectivity index (χ3v) is 2.36. The molecule has 1 rings (SSSR count). The van der Waals surface area contributed by atoms with Crippen molar-refractivity contribution in [2.24, 2.45) is 0 Å². The van der Waals surface area contributed by atoms with Gasteiger partial charge in [0.05, 0.1) is 12.7 Å². The summed E-state index contributed by atoms with van der Waals surface area (Å²) in [6, 6.07) is 10.2. The highest BCUT2D eigenvalue weighted by Crippen LogP contribution is 2.04. The first-order valence-corrected chi connectivity index (χ1v) is 5.82. The molecule has 0 saturated heterocycles. The zero-order chi connectivity index (χ0) is 12.5. The normalized spacial score (nSPS) is 13.7. The van der Waals surface area contributed by atoms with E-state index in [-0.39, 0.29) is 0 Å². The maximum atomic E-state index is 9.44. The molecule has 0 heterocycles. The molecular formula is C14H21NO2.